The van der Waals surface area contributed by atoms with E-state index in [1.54, 1.807) is 30.3 Å². The smallest absolute Gasteiger partial charge is 0.266 e. The summed E-state index contributed by atoms with van der Waals surface area (Å²) >= 11 is 1.11. The molecule has 2 N–H and O–H groups in total. The molecule has 3 heterocycles. The van der Waals surface area contributed by atoms with Crippen LogP contribution in [0, 0.1) is 11.6 Å². The van der Waals surface area contributed by atoms with Crippen LogP contribution < -0.4 is 10.9 Å². The Bertz CT molecular complexity index is 1400. The number of thiophene rings is 1. The Hall–Kier alpha value is -3.56. The van der Waals surface area contributed by atoms with E-state index in [1.165, 1.54) is 21.6 Å². The van der Waals surface area contributed by atoms with Crippen molar-refractivity contribution in [1.82, 2.24) is 9.47 Å². The lowest BCUT2D eigenvalue weighted by Gasteiger charge is -2.35. The lowest BCUT2D eigenvalue weighted by molar-refractivity contribution is 0.00629. The molecule has 0 spiro atoms. The molecule has 0 aliphatic carbocycles. The number of para-hydroxylation sites is 1. The van der Waals surface area contributed by atoms with E-state index >= 15 is 0 Å². The zero-order valence-electron chi connectivity index (χ0n) is 16.6. The number of likely N-dealkylation sites (tertiary alicyclic amines) is 1. The van der Waals surface area contributed by atoms with Crippen LogP contribution in [0.1, 0.15) is 9.67 Å². The fraction of sp³-hybridized carbons (Fsp3) is 0.130. The third-order valence-corrected chi connectivity index (χ3v) is 6.47. The number of aliphatic hydroxyl groups excluding tert-OH is 1. The predicted molar refractivity (Wildman–Crippen MR) is 119 cm³/mol. The fourth-order valence-electron chi connectivity index (χ4n) is 3.67. The van der Waals surface area contributed by atoms with Crippen LogP contribution in [0.4, 0.5) is 20.2 Å². The molecular weight excluding hydrogens is 436 g/mol. The fourth-order valence-corrected chi connectivity index (χ4v) is 4.91. The quantitative estimate of drug-likeness (QED) is 0.492. The van der Waals surface area contributed by atoms with Crippen molar-refractivity contribution in [2.75, 3.05) is 18.4 Å². The molecule has 1 aliphatic rings. The van der Waals surface area contributed by atoms with Crippen molar-refractivity contribution in [1.29, 1.82) is 0 Å². The van der Waals surface area contributed by atoms with Gasteiger partial charge in [0.15, 0.2) is 0 Å². The molecule has 0 atom stereocenters. The first-order valence-electron chi connectivity index (χ1n) is 9.86. The molecule has 0 bridgehead atoms. The van der Waals surface area contributed by atoms with E-state index < -0.39 is 17.7 Å². The molecule has 32 heavy (non-hydrogen) atoms. The van der Waals surface area contributed by atoms with E-state index in [0.29, 0.717) is 21.6 Å². The largest absolute Gasteiger partial charge is 0.389 e. The van der Waals surface area contributed by atoms with Crippen LogP contribution in [-0.2, 0) is 0 Å². The van der Waals surface area contributed by atoms with Crippen LogP contribution in [-0.4, -0.2) is 39.7 Å². The first-order chi connectivity index (χ1) is 15.4. The number of nitrogens with zero attached hydrogens (tertiary/aromatic N) is 2. The highest BCUT2D eigenvalue weighted by Crippen LogP contribution is 2.39. The van der Waals surface area contributed by atoms with Gasteiger partial charge >= 0.3 is 0 Å². The highest BCUT2D eigenvalue weighted by atomic mass is 32.1. The van der Waals surface area contributed by atoms with Crippen LogP contribution in [0.25, 0.3) is 15.9 Å². The molecule has 9 heteroatoms. The minimum absolute atomic E-state index is 0.00116. The summed E-state index contributed by atoms with van der Waals surface area (Å²) in [4.78, 5) is 28.2. The number of anilines is 2. The molecule has 2 aromatic carbocycles. The lowest BCUT2D eigenvalue weighted by atomic mass is 10.1. The SMILES string of the molecule is O=C(c1sc2c(ccc(=O)n2-c2ccccc2)c1Nc1ccc(F)cc1F)N1CC(O)C1. The van der Waals surface area contributed by atoms with Crippen LogP contribution >= 0.6 is 11.3 Å². The number of rotatable bonds is 4. The number of fused-ring (bicyclic) bond motifs is 1. The van der Waals surface area contributed by atoms with Crippen LogP contribution in [0.3, 0.4) is 0 Å². The third kappa shape index (κ3) is 3.45. The summed E-state index contributed by atoms with van der Waals surface area (Å²) in [6.45, 7) is 0.395. The maximum atomic E-state index is 14.4. The molecular formula is C23H17F2N3O3S. The summed E-state index contributed by atoms with van der Waals surface area (Å²) in [5.41, 5.74) is 0.679. The molecule has 5 rings (SSSR count). The average Bonchev–Trinajstić information content (AvgIpc) is 3.11. The number of carbonyl (C=O) groups is 1. The van der Waals surface area contributed by atoms with Gasteiger partial charge in [-0.05, 0) is 30.3 Å². The molecule has 0 saturated carbocycles. The third-order valence-electron chi connectivity index (χ3n) is 5.29. The van der Waals surface area contributed by atoms with Gasteiger partial charge in [-0.1, -0.05) is 18.2 Å². The van der Waals surface area contributed by atoms with Gasteiger partial charge in [0.1, 0.15) is 21.3 Å². The molecule has 0 unspecified atom stereocenters. The standard InChI is InChI=1S/C23H17F2N3O3S/c24-13-6-8-18(17(25)10-13)26-20-16-7-9-19(30)28(14-4-2-1-3-5-14)23(16)32-21(20)22(31)27-11-15(29)12-27/h1-10,15,26,29H,11-12H2. The number of aromatic nitrogens is 1. The summed E-state index contributed by atoms with van der Waals surface area (Å²) in [6, 6.07) is 15.1. The van der Waals surface area contributed by atoms with Crippen molar-refractivity contribution in [3.05, 3.63) is 87.5 Å². The van der Waals surface area contributed by atoms with Crippen molar-refractivity contribution in [3.8, 4) is 5.69 Å². The minimum Gasteiger partial charge on any atom is -0.389 e. The summed E-state index contributed by atoms with van der Waals surface area (Å²) in [5.74, 6) is -1.86. The molecule has 1 amide bonds. The Morgan fingerprint density at radius 3 is 2.50 bits per heavy atom. The summed E-state index contributed by atoms with van der Waals surface area (Å²) in [5, 5.41) is 13.1. The van der Waals surface area contributed by atoms with E-state index in [-0.39, 0.29) is 35.1 Å². The van der Waals surface area contributed by atoms with Gasteiger partial charge in [-0.25, -0.2) is 8.78 Å². The van der Waals surface area contributed by atoms with Gasteiger partial charge in [-0.3, -0.25) is 14.2 Å². The second-order valence-electron chi connectivity index (χ2n) is 7.48. The van der Waals surface area contributed by atoms with Gasteiger partial charge in [0, 0.05) is 30.6 Å². The molecule has 162 valence electrons. The van der Waals surface area contributed by atoms with E-state index in [2.05, 4.69) is 5.32 Å². The number of hydrogen-bond donors (Lipinski definition) is 2. The van der Waals surface area contributed by atoms with Gasteiger partial charge in [-0.2, -0.15) is 0 Å². The predicted octanol–water partition coefficient (Wildman–Crippen LogP) is 3.89. The van der Waals surface area contributed by atoms with Crippen LogP contribution in [0.15, 0.2) is 65.5 Å². The number of pyridine rings is 1. The molecule has 4 aromatic rings. The Kier molecular flexibility index (Phi) is 4.99. The number of nitrogens with one attached hydrogen (secondary N) is 1. The molecule has 1 saturated heterocycles. The number of hydrogen-bond acceptors (Lipinski definition) is 5. The topological polar surface area (TPSA) is 74.6 Å². The van der Waals surface area contributed by atoms with E-state index in [9.17, 15) is 23.5 Å². The molecule has 0 radical (unpaired) electrons. The molecule has 1 aliphatic heterocycles. The first-order valence-corrected chi connectivity index (χ1v) is 10.7. The van der Waals surface area contributed by atoms with Crippen LogP contribution in [0.2, 0.25) is 0 Å². The van der Waals surface area contributed by atoms with Gasteiger partial charge in [0.05, 0.1) is 23.2 Å². The highest BCUT2D eigenvalue weighted by molar-refractivity contribution is 7.21. The highest BCUT2D eigenvalue weighted by Gasteiger charge is 2.33. The van der Waals surface area contributed by atoms with Crippen LogP contribution in [0.5, 0.6) is 0 Å². The van der Waals surface area contributed by atoms with Crippen molar-refractivity contribution < 1.29 is 18.7 Å². The Balaban J connectivity index is 1.72. The summed E-state index contributed by atoms with van der Waals surface area (Å²) in [7, 11) is 0. The average molecular weight is 453 g/mol. The van der Waals surface area contributed by atoms with E-state index in [1.807, 2.05) is 6.07 Å². The van der Waals surface area contributed by atoms with E-state index in [0.717, 1.165) is 23.5 Å². The maximum absolute atomic E-state index is 14.4. The maximum Gasteiger partial charge on any atom is 0.266 e. The second kappa shape index (κ2) is 7.85. The van der Waals surface area contributed by atoms with Gasteiger partial charge in [-0.15, -0.1) is 11.3 Å². The lowest BCUT2D eigenvalue weighted by Crippen LogP contribution is -2.53. The second-order valence-corrected chi connectivity index (χ2v) is 8.48. The number of halogens is 2. The van der Waals surface area contributed by atoms with Crippen molar-refractivity contribution in [2.45, 2.75) is 6.10 Å². The molecule has 6 nitrogen and oxygen atoms in total. The summed E-state index contributed by atoms with van der Waals surface area (Å²) < 4.78 is 29.3. The normalized spacial score (nSPS) is 13.9. The summed E-state index contributed by atoms with van der Waals surface area (Å²) in [6.07, 6.45) is -0.582. The number of benzene rings is 2. The zero-order valence-corrected chi connectivity index (χ0v) is 17.4. The number of β-amino-alcohol motifs (C(OH)–C–C–N with tert-alkyl or cyclic N) is 1. The van der Waals surface area contributed by atoms with E-state index in [4.69, 9.17) is 0 Å². The monoisotopic (exact) mass is 453 g/mol. The minimum atomic E-state index is -0.807. The number of carbonyl (C=O) groups excluding carboxylic acids is 1. The Labute approximate surface area is 185 Å². The molecule has 2 aromatic heterocycles. The van der Waals surface area contributed by atoms with Gasteiger partial charge < -0.3 is 15.3 Å². The number of aliphatic hydroxyl groups is 1. The molecule has 1 fully saturated rings. The first kappa shape index (κ1) is 20.3. The Morgan fingerprint density at radius 2 is 1.81 bits per heavy atom. The van der Waals surface area contributed by atoms with Gasteiger partial charge in [0.25, 0.3) is 11.5 Å². The number of amides is 1. The van der Waals surface area contributed by atoms with Crippen molar-refractivity contribution in [2.24, 2.45) is 0 Å². The zero-order chi connectivity index (χ0) is 22.4. The Morgan fingerprint density at radius 1 is 1.06 bits per heavy atom. The van der Waals surface area contributed by atoms with Crippen molar-refractivity contribution in [3.63, 3.8) is 0 Å². The van der Waals surface area contributed by atoms with Gasteiger partial charge in [0.2, 0.25) is 0 Å². The van der Waals surface area contributed by atoms with Crippen molar-refractivity contribution >= 4 is 38.8 Å².